The molecule has 0 aromatic heterocycles. The van der Waals surface area contributed by atoms with Crippen LogP contribution in [0.4, 0.5) is 0 Å². The second-order valence-corrected chi connectivity index (χ2v) is 6.59. The van der Waals surface area contributed by atoms with Gasteiger partial charge in [0.15, 0.2) is 0 Å². The lowest BCUT2D eigenvalue weighted by molar-refractivity contribution is 0.0628. The van der Waals surface area contributed by atoms with Gasteiger partial charge in [-0.3, -0.25) is 9.69 Å². The Balaban J connectivity index is 1.53. The molecule has 25 heavy (non-hydrogen) atoms. The Kier molecular flexibility index (Phi) is 5.95. The van der Waals surface area contributed by atoms with Gasteiger partial charge in [-0.25, -0.2) is 0 Å². The van der Waals surface area contributed by atoms with Gasteiger partial charge in [-0.05, 0) is 48.9 Å². The van der Waals surface area contributed by atoms with Crippen molar-refractivity contribution in [2.45, 2.75) is 13.5 Å². The van der Waals surface area contributed by atoms with E-state index in [1.54, 1.807) is 0 Å². The molecule has 2 aromatic rings. The monoisotopic (exact) mass is 358 g/mol. The van der Waals surface area contributed by atoms with Crippen molar-refractivity contribution in [2.24, 2.45) is 0 Å². The van der Waals surface area contributed by atoms with Crippen LogP contribution in [0.15, 0.2) is 48.5 Å². The average Bonchev–Trinajstić information content (AvgIpc) is 2.63. The Morgan fingerprint density at radius 3 is 2.44 bits per heavy atom. The van der Waals surface area contributed by atoms with Crippen LogP contribution < -0.4 is 4.74 Å². The maximum absolute atomic E-state index is 12.6. The van der Waals surface area contributed by atoms with Crippen LogP contribution in [-0.2, 0) is 6.54 Å². The van der Waals surface area contributed by atoms with Crippen LogP contribution in [-0.4, -0.2) is 48.5 Å². The quantitative estimate of drug-likeness (QED) is 0.817. The van der Waals surface area contributed by atoms with Crippen molar-refractivity contribution in [3.63, 3.8) is 0 Å². The molecule has 1 fully saturated rings. The number of carbonyl (C=O) groups is 1. The number of carbonyl (C=O) groups excluding carboxylic acids is 1. The third kappa shape index (κ3) is 4.74. The van der Waals surface area contributed by atoms with E-state index < -0.39 is 0 Å². The number of amides is 1. The van der Waals surface area contributed by atoms with Gasteiger partial charge in [0.1, 0.15) is 5.75 Å². The summed E-state index contributed by atoms with van der Waals surface area (Å²) < 4.78 is 5.42. The predicted molar refractivity (Wildman–Crippen MR) is 100 cm³/mol. The molecule has 3 rings (SSSR count). The van der Waals surface area contributed by atoms with Crippen LogP contribution >= 0.6 is 11.6 Å². The van der Waals surface area contributed by atoms with Crippen molar-refractivity contribution >= 4 is 17.5 Å². The predicted octanol–water partition coefficient (Wildman–Crippen LogP) is 3.70. The van der Waals surface area contributed by atoms with Crippen LogP contribution in [0.3, 0.4) is 0 Å². The molecule has 0 radical (unpaired) electrons. The molecule has 4 nitrogen and oxygen atoms in total. The Bertz CT molecular complexity index is 710. The average molecular weight is 359 g/mol. The van der Waals surface area contributed by atoms with Crippen LogP contribution in [0.5, 0.6) is 5.75 Å². The minimum Gasteiger partial charge on any atom is -0.494 e. The summed E-state index contributed by atoms with van der Waals surface area (Å²) in [4.78, 5) is 16.9. The van der Waals surface area contributed by atoms with Crippen molar-refractivity contribution in [3.8, 4) is 5.75 Å². The Hall–Kier alpha value is -2.04. The van der Waals surface area contributed by atoms with Gasteiger partial charge in [-0.1, -0.05) is 23.7 Å². The van der Waals surface area contributed by atoms with Crippen molar-refractivity contribution in [1.29, 1.82) is 0 Å². The molecule has 0 spiro atoms. The maximum Gasteiger partial charge on any atom is 0.253 e. The number of benzene rings is 2. The molecule has 1 saturated heterocycles. The number of rotatable bonds is 5. The molecule has 5 heteroatoms. The van der Waals surface area contributed by atoms with E-state index in [0.717, 1.165) is 43.5 Å². The van der Waals surface area contributed by atoms with Gasteiger partial charge in [0.05, 0.1) is 6.61 Å². The smallest absolute Gasteiger partial charge is 0.253 e. The fourth-order valence-corrected chi connectivity index (χ4v) is 3.26. The largest absolute Gasteiger partial charge is 0.494 e. The zero-order chi connectivity index (χ0) is 17.6. The topological polar surface area (TPSA) is 32.8 Å². The molecule has 1 amide bonds. The molecule has 0 N–H and O–H groups in total. The normalized spacial score (nSPS) is 15.2. The van der Waals surface area contributed by atoms with Crippen LogP contribution in [0.1, 0.15) is 22.8 Å². The van der Waals surface area contributed by atoms with Crippen molar-refractivity contribution < 1.29 is 9.53 Å². The molecular weight excluding hydrogens is 336 g/mol. The van der Waals surface area contributed by atoms with E-state index in [9.17, 15) is 4.79 Å². The van der Waals surface area contributed by atoms with E-state index >= 15 is 0 Å². The summed E-state index contributed by atoms with van der Waals surface area (Å²) in [6, 6.07) is 15.3. The third-order valence-corrected chi connectivity index (χ3v) is 4.60. The number of hydrogen-bond acceptors (Lipinski definition) is 3. The number of piperazine rings is 1. The zero-order valence-corrected chi connectivity index (χ0v) is 15.2. The molecule has 2 aromatic carbocycles. The highest BCUT2D eigenvalue weighted by atomic mass is 35.5. The summed E-state index contributed by atoms with van der Waals surface area (Å²) in [5.41, 5.74) is 1.92. The second kappa shape index (κ2) is 8.37. The fraction of sp³-hybridized carbons (Fsp3) is 0.350. The standard InChI is InChI=1S/C20H23ClN2O2/c1-2-25-19-8-6-17(7-9-19)20(24)23-12-10-22(11-13-23)15-16-4-3-5-18(21)14-16/h3-9,14H,2,10-13,15H2,1H3. The highest BCUT2D eigenvalue weighted by Crippen LogP contribution is 2.17. The minimum atomic E-state index is 0.0884. The summed E-state index contributed by atoms with van der Waals surface area (Å²) in [5.74, 6) is 0.885. The summed E-state index contributed by atoms with van der Waals surface area (Å²) in [5, 5.41) is 0.766. The summed E-state index contributed by atoms with van der Waals surface area (Å²) in [6.07, 6.45) is 0. The first-order valence-electron chi connectivity index (χ1n) is 8.64. The Morgan fingerprint density at radius 1 is 1.08 bits per heavy atom. The second-order valence-electron chi connectivity index (χ2n) is 6.16. The first-order valence-corrected chi connectivity index (χ1v) is 9.02. The molecule has 0 bridgehead atoms. The maximum atomic E-state index is 12.6. The molecule has 0 aliphatic carbocycles. The van der Waals surface area contributed by atoms with E-state index in [-0.39, 0.29) is 5.91 Å². The van der Waals surface area contributed by atoms with Gasteiger partial charge in [-0.15, -0.1) is 0 Å². The van der Waals surface area contributed by atoms with Crippen molar-refractivity contribution in [3.05, 3.63) is 64.7 Å². The lowest BCUT2D eigenvalue weighted by atomic mass is 10.1. The van der Waals surface area contributed by atoms with Gasteiger partial charge in [-0.2, -0.15) is 0 Å². The highest BCUT2D eigenvalue weighted by Gasteiger charge is 2.22. The van der Waals surface area contributed by atoms with E-state index in [0.29, 0.717) is 12.2 Å². The minimum absolute atomic E-state index is 0.0884. The van der Waals surface area contributed by atoms with Gasteiger partial charge in [0.2, 0.25) is 0 Å². The molecule has 0 saturated carbocycles. The zero-order valence-electron chi connectivity index (χ0n) is 14.5. The fourth-order valence-electron chi connectivity index (χ4n) is 3.05. The molecule has 1 heterocycles. The highest BCUT2D eigenvalue weighted by molar-refractivity contribution is 6.30. The molecule has 132 valence electrons. The molecule has 0 unspecified atom stereocenters. The van der Waals surface area contributed by atoms with Gasteiger partial charge >= 0.3 is 0 Å². The first kappa shape index (κ1) is 17.8. The molecule has 0 atom stereocenters. The Labute approximate surface area is 154 Å². The lowest BCUT2D eigenvalue weighted by Crippen LogP contribution is -2.48. The lowest BCUT2D eigenvalue weighted by Gasteiger charge is -2.34. The van der Waals surface area contributed by atoms with Crippen LogP contribution in [0.25, 0.3) is 0 Å². The molecule has 1 aliphatic heterocycles. The van der Waals surface area contributed by atoms with Crippen LogP contribution in [0.2, 0.25) is 5.02 Å². The van der Waals surface area contributed by atoms with E-state index in [1.807, 2.05) is 54.3 Å². The summed E-state index contributed by atoms with van der Waals surface area (Å²) in [7, 11) is 0. The number of nitrogens with zero attached hydrogens (tertiary/aromatic N) is 2. The molecule has 1 aliphatic rings. The summed E-state index contributed by atoms with van der Waals surface area (Å²) in [6.45, 7) is 6.67. The number of halogens is 1. The molecular formula is C20H23ClN2O2. The number of hydrogen-bond donors (Lipinski definition) is 0. The van der Waals surface area contributed by atoms with Gasteiger partial charge < -0.3 is 9.64 Å². The number of ether oxygens (including phenoxy) is 1. The van der Waals surface area contributed by atoms with Crippen LogP contribution in [0, 0.1) is 0 Å². The van der Waals surface area contributed by atoms with Crippen molar-refractivity contribution in [2.75, 3.05) is 32.8 Å². The first-order chi connectivity index (χ1) is 12.2. The van der Waals surface area contributed by atoms with Gasteiger partial charge in [0.25, 0.3) is 5.91 Å². The summed E-state index contributed by atoms with van der Waals surface area (Å²) >= 11 is 6.05. The SMILES string of the molecule is CCOc1ccc(C(=O)N2CCN(Cc3cccc(Cl)c3)CC2)cc1. The van der Waals surface area contributed by atoms with E-state index in [4.69, 9.17) is 16.3 Å². The van der Waals surface area contributed by atoms with E-state index in [2.05, 4.69) is 11.0 Å². The van der Waals surface area contributed by atoms with Crippen molar-refractivity contribution in [1.82, 2.24) is 9.80 Å². The Morgan fingerprint density at radius 2 is 1.80 bits per heavy atom. The van der Waals surface area contributed by atoms with E-state index in [1.165, 1.54) is 5.56 Å². The third-order valence-electron chi connectivity index (χ3n) is 4.37. The van der Waals surface area contributed by atoms with Gasteiger partial charge in [0, 0.05) is 43.3 Å².